The number of benzene rings is 1. The first-order valence-electron chi connectivity index (χ1n) is 5.58. The molecule has 0 bridgehead atoms. The number of sulfonamides is 1. The van der Waals surface area contributed by atoms with Crippen LogP contribution in [0.1, 0.15) is 17.3 Å². The van der Waals surface area contributed by atoms with E-state index in [9.17, 15) is 13.2 Å². The van der Waals surface area contributed by atoms with Crippen molar-refractivity contribution in [3.05, 3.63) is 42.0 Å². The third kappa shape index (κ3) is 3.42. The van der Waals surface area contributed by atoms with Crippen molar-refractivity contribution in [2.45, 2.75) is 11.8 Å². The Hall–Kier alpha value is -1.66. The molecule has 0 aliphatic carbocycles. The molecule has 0 radical (unpaired) electrons. The Kier molecular flexibility index (Phi) is 4.85. The number of esters is 1. The van der Waals surface area contributed by atoms with Crippen molar-refractivity contribution in [2.75, 3.05) is 20.7 Å². The molecule has 1 aromatic rings. The molecular formula is C13H17NO4S. The van der Waals surface area contributed by atoms with E-state index in [-0.39, 0.29) is 17.0 Å². The van der Waals surface area contributed by atoms with E-state index < -0.39 is 16.0 Å². The van der Waals surface area contributed by atoms with Gasteiger partial charge in [0.2, 0.25) is 10.0 Å². The highest BCUT2D eigenvalue weighted by Gasteiger charge is 2.26. The fraction of sp³-hybridized carbons (Fsp3) is 0.308. The zero-order valence-corrected chi connectivity index (χ0v) is 12.0. The van der Waals surface area contributed by atoms with Gasteiger partial charge in [-0.05, 0) is 19.1 Å². The van der Waals surface area contributed by atoms with Crippen LogP contribution in [-0.2, 0) is 14.8 Å². The highest BCUT2D eigenvalue weighted by Crippen LogP contribution is 2.20. The van der Waals surface area contributed by atoms with E-state index in [0.29, 0.717) is 5.57 Å². The summed E-state index contributed by atoms with van der Waals surface area (Å²) in [5.74, 6) is -0.678. The van der Waals surface area contributed by atoms with Crippen LogP contribution in [0.3, 0.4) is 0 Å². The SMILES string of the molecule is C=C(C)CN(C)S(=O)(=O)c1ccccc1C(=O)OC. The van der Waals surface area contributed by atoms with Crippen LogP contribution in [0.5, 0.6) is 0 Å². The normalized spacial score (nSPS) is 11.4. The molecule has 5 nitrogen and oxygen atoms in total. The second-order valence-electron chi connectivity index (χ2n) is 4.21. The van der Waals surface area contributed by atoms with E-state index in [0.717, 1.165) is 4.31 Å². The van der Waals surface area contributed by atoms with E-state index in [4.69, 9.17) is 0 Å². The smallest absolute Gasteiger partial charge is 0.339 e. The number of carbonyl (C=O) groups excluding carboxylic acids is 1. The Morgan fingerprint density at radius 3 is 2.47 bits per heavy atom. The average molecular weight is 283 g/mol. The van der Waals surface area contributed by atoms with Gasteiger partial charge in [-0.15, -0.1) is 0 Å². The minimum atomic E-state index is -3.75. The molecule has 0 spiro atoms. The molecule has 0 amide bonds. The first-order chi connectivity index (χ1) is 8.80. The van der Waals surface area contributed by atoms with Gasteiger partial charge in [0, 0.05) is 13.6 Å². The monoisotopic (exact) mass is 283 g/mol. The molecule has 0 aromatic heterocycles. The number of likely N-dealkylation sites (N-methyl/N-ethyl adjacent to an activating group) is 1. The highest BCUT2D eigenvalue weighted by atomic mass is 32.2. The maximum Gasteiger partial charge on any atom is 0.339 e. The molecule has 0 saturated carbocycles. The molecule has 0 saturated heterocycles. The molecule has 0 N–H and O–H groups in total. The van der Waals surface area contributed by atoms with Crippen LogP contribution in [0.2, 0.25) is 0 Å². The van der Waals surface area contributed by atoms with E-state index in [1.54, 1.807) is 19.1 Å². The third-order valence-electron chi connectivity index (χ3n) is 2.47. The van der Waals surface area contributed by atoms with Gasteiger partial charge >= 0.3 is 5.97 Å². The standard InChI is InChI=1S/C13H17NO4S/c1-10(2)9-14(3)19(16,17)12-8-6-5-7-11(12)13(15)18-4/h5-8H,1,9H2,2-4H3. The molecule has 19 heavy (non-hydrogen) atoms. The van der Waals surface area contributed by atoms with Crippen LogP contribution >= 0.6 is 0 Å². The molecule has 0 aliphatic rings. The quantitative estimate of drug-likeness (QED) is 0.609. The minimum Gasteiger partial charge on any atom is -0.465 e. The predicted octanol–water partition coefficient (Wildman–Crippen LogP) is 1.67. The van der Waals surface area contributed by atoms with Crippen molar-refractivity contribution in [1.29, 1.82) is 0 Å². The van der Waals surface area contributed by atoms with Gasteiger partial charge in [0.05, 0.1) is 17.6 Å². The zero-order chi connectivity index (χ0) is 14.6. The topological polar surface area (TPSA) is 63.7 Å². The molecular weight excluding hydrogens is 266 g/mol. The van der Waals surface area contributed by atoms with Crippen LogP contribution < -0.4 is 0 Å². The number of carbonyl (C=O) groups is 1. The van der Waals surface area contributed by atoms with Crippen molar-refractivity contribution in [1.82, 2.24) is 4.31 Å². The molecule has 104 valence electrons. The summed E-state index contributed by atoms with van der Waals surface area (Å²) < 4.78 is 30.5. The number of hydrogen-bond acceptors (Lipinski definition) is 4. The summed E-state index contributed by atoms with van der Waals surface area (Å²) in [4.78, 5) is 11.5. The van der Waals surface area contributed by atoms with Crippen LogP contribution in [0, 0.1) is 0 Å². The van der Waals surface area contributed by atoms with Gasteiger partial charge in [0.15, 0.2) is 0 Å². The number of methoxy groups -OCH3 is 1. The largest absolute Gasteiger partial charge is 0.465 e. The van der Waals surface area contributed by atoms with E-state index in [1.807, 2.05) is 0 Å². The second-order valence-corrected chi connectivity index (χ2v) is 6.22. The summed E-state index contributed by atoms with van der Waals surface area (Å²) in [6, 6.07) is 5.96. The van der Waals surface area contributed by atoms with Crippen LogP contribution in [0.15, 0.2) is 41.3 Å². The summed E-state index contributed by atoms with van der Waals surface area (Å²) in [5.41, 5.74) is 0.736. The third-order valence-corrected chi connectivity index (χ3v) is 4.33. The Bertz CT molecular complexity index is 592. The summed E-state index contributed by atoms with van der Waals surface area (Å²) in [6.45, 7) is 5.60. The molecule has 1 aromatic carbocycles. The highest BCUT2D eigenvalue weighted by molar-refractivity contribution is 7.89. The molecule has 6 heteroatoms. The molecule has 0 atom stereocenters. The first-order valence-corrected chi connectivity index (χ1v) is 7.02. The van der Waals surface area contributed by atoms with Crippen LogP contribution in [-0.4, -0.2) is 39.4 Å². The Labute approximate surface area is 113 Å². The predicted molar refractivity (Wildman–Crippen MR) is 72.4 cm³/mol. The van der Waals surface area contributed by atoms with Crippen molar-refractivity contribution < 1.29 is 17.9 Å². The Morgan fingerprint density at radius 1 is 1.37 bits per heavy atom. The summed E-state index contributed by atoms with van der Waals surface area (Å²) in [6.07, 6.45) is 0. The lowest BCUT2D eigenvalue weighted by molar-refractivity contribution is 0.0596. The van der Waals surface area contributed by atoms with Gasteiger partial charge in [0.1, 0.15) is 0 Å². The lowest BCUT2D eigenvalue weighted by Crippen LogP contribution is -2.29. The van der Waals surface area contributed by atoms with Gasteiger partial charge in [-0.25, -0.2) is 13.2 Å². The van der Waals surface area contributed by atoms with Gasteiger partial charge in [-0.2, -0.15) is 4.31 Å². The molecule has 0 fully saturated rings. The number of nitrogens with zero attached hydrogens (tertiary/aromatic N) is 1. The number of ether oxygens (including phenoxy) is 1. The summed E-state index contributed by atoms with van der Waals surface area (Å²) in [5, 5.41) is 0. The maximum atomic E-state index is 12.4. The molecule has 0 heterocycles. The zero-order valence-electron chi connectivity index (χ0n) is 11.2. The minimum absolute atomic E-state index is 0.0264. The van der Waals surface area contributed by atoms with Gasteiger partial charge < -0.3 is 4.74 Å². The number of rotatable bonds is 5. The number of hydrogen-bond donors (Lipinski definition) is 0. The van der Waals surface area contributed by atoms with Crippen molar-refractivity contribution in [2.24, 2.45) is 0 Å². The van der Waals surface area contributed by atoms with E-state index >= 15 is 0 Å². The Balaban J connectivity index is 3.29. The molecule has 1 rings (SSSR count). The average Bonchev–Trinajstić information content (AvgIpc) is 2.37. The van der Waals surface area contributed by atoms with Crippen molar-refractivity contribution in [3.63, 3.8) is 0 Å². The Morgan fingerprint density at radius 2 is 1.95 bits per heavy atom. The van der Waals surface area contributed by atoms with Crippen molar-refractivity contribution in [3.8, 4) is 0 Å². The summed E-state index contributed by atoms with van der Waals surface area (Å²) in [7, 11) is -1.09. The van der Waals surface area contributed by atoms with Crippen LogP contribution in [0.4, 0.5) is 0 Å². The fourth-order valence-corrected chi connectivity index (χ4v) is 3.01. The van der Waals surface area contributed by atoms with E-state index in [2.05, 4.69) is 11.3 Å². The van der Waals surface area contributed by atoms with Gasteiger partial charge in [-0.1, -0.05) is 24.3 Å². The maximum absolute atomic E-state index is 12.4. The van der Waals surface area contributed by atoms with E-state index in [1.165, 1.54) is 26.3 Å². The fourth-order valence-electron chi connectivity index (χ4n) is 1.60. The van der Waals surface area contributed by atoms with Crippen LogP contribution in [0.25, 0.3) is 0 Å². The lowest BCUT2D eigenvalue weighted by Gasteiger charge is -2.18. The van der Waals surface area contributed by atoms with Crippen molar-refractivity contribution >= 4 is 16.0 Å². The first kappa shape index (κ1) is 15.4. The summed E-state index contributed by atoms with van der Waals surface area (Å²) >= 11 is 0. The second kappa shape index (κ2) is 5.99. The van der Waals surface area contributed by atoms with Gasteiger partial charge in [0.25, 0.3) is 0 Å². The lowest BCUT2D eigenvalue weighted by atomic mass is 10.2. The van der Waals surface area contributed by atoms with Gasteiger partial charge in [-0.3, -0.25) is 0 Å². The molecule has 0 aliphatic heterocycles. The molecule has 0 unspecified atom stereocenters.